The Kier molecular flexibility index (Phi) is 4.73. The highest BCUT2D eigenvalue weighted by molar-refractivity contribution is 6.03. The SMILES string of the molecule is CCOc1ccc(F)cc1NC(=O)c1cc(C)n(C(C)(C)C)n1. The van der Waals surface area contributed by atoms with Crippen LogP contribution in [0.3, 0.4) is 0 Å². The van der Waals surface area contributed by atoms with Crippen LogP contribution in [0.1, 0.15) is 43.9 Å². The van der Waals surface area contributed by atoms with E-state index in [2.05, 4.69) is 10.4 Å². The predicted molar refractivity (Wildman–Crippen MR) is 87.5 cm³/mol. The highest BCUT2D eigenvalue weighted by Gasteiger charge is 2.21. The molecule has 0 fully saturated rings. The number of ether oxygens (including phenoxy) is 1. The predicted octanol–water partition coefficient (Wildman–Crippen LogP) is 3.74. The molecule has 0 aliphatic heterocycles. The molecule has 0 aliphatic rings. The molecule has 124 valence electrons. The van der Waals surface area contributed by atoms with Crippen molar-refractivity contribution in [2.45, 2.75) is 40.2 Å². The minimum Gasteiger partial charge on any atom is -0.492 e. The molecule has 0 bridgehead atoms. The Morgan fingerprint density at radius 1 is 1.35 bits per heavy atom. The summed E-state index contributed by atoms with van der Waals surface area (Å²) in [5, 5.41) is 7.01. The van der Waals surface area contributed by atoms with Gasteiger partial charge in [0, 0.05) is 11.8 Å². The number of hydrogen-bond acceptors (Lipinski definition) is 3. The Balaban J connectivity index is 2.28. The molecule has 0 saturated carbocycles. The van der Waals surface area contributed by atoms with E-state index in [4.69, 9.17) is 4.74 Å². The quantitative estimate of drug-likeness (QED) is 0.934. The van der Waals surface area contributed by atoms with Gasteiger partial charge in [-0.25, -0.2) is 4.39 Å². The van der Waals surface area contributed by atoms with E-state index in [9.17, 15) is 9.18 Å². The summed E-state index contributed by atoms with van der Waals surface area (Å²) in [5.74, 6) is -0.419. The van der Waals surface area contributed by atoms with Crippen molar-refractivity contribution in [1.82, 2.24) is 9.78 Å². The van der Waals surface area contributed by atoms with Gasteiger partial charge in [0.2, 0.25) is 0 Å². The first-order valence-corrected chi connectivity index (χ1v) is 7.53. The van der Waals surface area contributed by atoms with Crippen LogP contribution in [0.5, 0.6) is 5.75 Å². The maximum atomic E-state index is 13.4. The lowest BCUT2D eigenvalue weighted by Gasteiger charge is -2.21. The monoisotopic (exact) mass is 319 g/mol. The number of aromatic nitrogens is 2. The third kappa shape index (κ3) is 3.88. The molecule has 2 rings (SSSR count). The lowest BCUT2D eigenvalue weighted by atomic mass is 10.1. The smallest absolute Gasteiger partial charge is 0.276 e. The van der Waals surface area contributed by atoms with Gasteiger partial charge in [-0.15, -0.1) is 0 Å². The first-order valence-electron chi connectivity index (χ1n) is 7.53. The molecule has 1 N–H and O–H groups in total. The van der Waals surface area contributed by atoms with Crippen molar-refractivity contribution in [2.24, 2.45) is 0 Å². The van der Waals surface area contributed by atoms with Gasteiger partial charge in [-0.1, -0.05) is 0 Å². The summed E-state index contributed by atoms with van der Waals surface area (Å²) in [7, 11) is 0. The van der Waals surface area contributed by atoms with E-state index in [1.165, 1.54) is 18.2 Å². The summed E-state index contributed by atoms with van der Waals surface area (Å²) in [4.78, 5) is 12.4. The number of carbonyl (C=O) groups is 1. The average Bonchev–Trinajstić information content (AvgIpc) is 2.84. The second kappa shape index (κ2) is 6.40. The molecule has 1 aromatic carbocycles. The lowest BCUT2D eigenvalue weighted by molar-refractivity contribution is 0.102. The number of aryl methyl sites for hydroxylation is 1. The molecule has 0 atom stereocenters. The average molecular weight is 319 g/mol. The maximum Gasteiger partial charge on any atom is 0.276 e. The van der Waals surface area contributed by atoms with E-state index in [0.717, 1.165) is 5.69 Å². The minimum absolute atomic E-state index is 0.224. The molecular formula is C17H22FN3O2. The van der Waals surface area contributed by atoms with Gasteiger partial charge in [0.05, 0.1) is 17.8 Å². The zero-order chi connectivity index (χ0) is 17.2. The Morgan fingerprint density at radius 2 is 2.04 bits per heavy atom. The van der Waals surface area contributed by atoms with Gasteiger partial charge in [0.15, 0.2) is 5.69 Å². The second-order valence-electron chi connectivity index (χ2n) is 6.28. The Bertz CT molecular complexity index is 717. The number of carbonyl (C=O) groups excluding carboxylic acids is 1. The number of anilines is 1. The van der Waals surface area contributed by atoms with Crippen LogP contribution in [-0.2, 0) is 5.54 Å². The summed E-state index contributed by atoms with van der Waals surface area (Å²) >= 11 is 0. The van der Waals surface area contributed by atoms with Gasteiger partial charge < -0.3 is 10.1 Å². The van der Waals surface area contributed by atoms with E-state index < -0.39 is 11.7 Å². The highest BCUT2D eigenvalue weighted by Crippen LogP contribution is 2.26. The van der Waals surface area contributed by atoms with Crippen molar-refractivity contribution in [3.05, 3.63) is 41.5 Å². The second-order valence-corrected chi connectivity index (χ2v) is 6.28. The van der Waals surface area contributed by atoms with Crippen LogP contribution >= 0.6 is 0 Å². The molecule has 0 unspecified atom stereocenters. The molecule has 2 aromatic rings. The van der Waals surface area contributed by atoms with E-state index in [1.807, 2.05) is 34.6 Å². The lowest BCUT2D eigenvalue weighted by Crippen LogP contribution is -2.25. The molecular weight excluding hydrogens is 297 g/mol. The van der Waals surface area contributed by atoms with Gasteiger partial charge in [-0.2, -0.15) is 5.10 Å². The van der Waals surface area contributed by atoms with Crippen LogP contribution in [-0.4, -0.2) is 22.3 Å². The largest absolute Gasteiger partial charge is 0.492 e. The van der Waals surface area contributed by atoms with Crippen LogP contribution < -0.4 is 10.1 Å². The van der Waals surface area contributed by atoms with Gasteiger partial charge in [0.1, 0.15) is 11.6 Å². The van der Waals surface area contributed by atoms with Gasteiger partial charge >= 0.3 is 0 Å². The van der Waals surface area contributed by atoms with Crippen LogP contribution in [0.25, 0.3) is 0 Å². The van der Waals surface area contributed by atoms with Crippen LogP contribution in [0.15, 0.2) is 24.3 Å². The molecule has 6 heteroatoms. The number of hydrogen-bond donors (Lipinski definition) is 1. The zero-order valence-electron chi connectivity index (χ0n) is 14.1. The number of nitrogens with zero attached hydrogens (tertiary/aromatic N) is 2. The van der Waals surface area contributed by atoms with E-state index in [0.29, 0.717) is 18.0 Å². The van der Waals surface area contributed by atoms with E-state index in [-0.39, 0.29) is 11.2 Å². The van der Waals surface area contributed by atoms with Gasteiger partial charge in [-0.3, -0.25) is 9.48 Å². The van der Waals surface area contributed by atoms with Crippen molar-refractivity contribution in [3.63, 3.8) is 0 Å². The molecule has 0 radical (unpaired) electrons. The molecule has 23 heavy (non-hydrogen) atoms. The van der Waals surface area contributed by atoms with Gasteiger partial charge in [0.25, 0.3) is 5.91 Å². The Morgan fingerprint density at radius 3 is 2.61 bits per heavy atom. The van der Waals surface area contributed by atoms with Gasteiger partial charge in [-0.05, 0) is 52.8 Å². The molecule has 1 amide bonds. The Hall–Kier alpha value is -2.37. The zero-order valence-corrected chi connectivity index (χ0v) is 14.1. The highest BCUT2D eigenvalue weighted by atomic mass is 19.1. The number of halogens is 1. The third-order valence-electron chi connectivity index (χ3n) is 3.25. The number of benzene rings is 1. The fraction of sp³-hybridized carbons (Fsp3) is 0.412. The fourth-order valence-corrected chi connectivity index (χ4v) is 2.33. The summed E-state index contributed by atoms with van der Waals surface area (Å²) in [6.07, 6.45) is 0. The van der Waals surface area contributed by atoms with Crippen molar-refractivity contribution < 1.29 is 13.9 Å². The minimum atomic E-state index is -0.444. The van der Waals surface area contributed by atoms with E-state index >= 15 is 0 Å². The maximum absolute atomic E-state index is 13.4. The molecule has 0 saturated heterocycles. The van der Waals surface area contributed by atoms with E-state index in [1.54, 1.807) is 10.7 Å². The Labute approximate surface area is 135 Å². The summed E-state index contributed by atoms with van der Waals surface area (Å²) in [6, 6.07) is 5.73. The molecule has 0 spiro atoms. The van der Waals surface area contributed by atoms with Crippen molar-refractivity contribution >= 4 is 11.6 Å². The summed E-state index contributed by atoms with van der Waals surface area (Å²) in [6.45, 7) is 10.2. The van der Waals surface area contributed by atoms with Crippen molar-refractivity contribution in [3.8, 4) is 5.75 Å². The molecule has 1 heterocycles. The van der Waals surface area contributed by atoms with Crippen LogP contribution in [0.2, 0.25) is 0 Å². The normalized spacial score (nSPS) is 11.4. The summed E-state index contributed by atoms with van der Waals surface area (Å²) < 4.78 is 20.6. The van der Waals surface area contributed by atoms with Crippen molar-refractivity contribution in [1.29, 1.82) is 0 Å². The topological polar surface area (TPSA) is 56.1 Å². The number of rotatable bonds is 4. The van der Waals surface area contributed by atoms with Crippen molar-refractivity contribution in [2.75, 3.05) is 11.9 Å². The molecule has 0 aliphatic carbocycles. The molecule has 5 nitrogen and oxygen atoms in total. The number of nitrogens with one attached hydrogen (secondary N) is 1. The summed E-state index contributed by atoms with van der Waals surface area (Å²) in [5.41, 5.74) is 1.23. The standard InChI is InChI=1S/C17H22FN3O2/c1-6-23-15-8-7-12(18)10-13(15)19-16(22)14-9-11(2)21(20-14)17(3,4)5/h7-10H,6H2,1-5H3,(H,19,22). The number of amides is 1. The third-order valence-corrected chi connectivity index (χ3v) is 3.25. The molecule has 1 aromatic heterocycles. The first-order chi connectivity index (χ1) is 10.7. The van der Waals surface area contributed by atoms with Crippen LogP contribution in [0.4, 0.5) is 10.1 Å². The van der Waals surface area contributed by atoms with Crippen LogP contribution in [0, 0.1) is 12.7 Å². The fourth-order valence-electron chi connectivity index (χ4n) is 2.33. The first kappa shape index (κ1) is 17.0.